The first-order chi connectivity index (χ1) is 9.08. The molecular weight excluding hydrogens is 264 g/mol. The van der Waals surface area contributed by atoms with E-state index in [4.69, 9.17) is 0 Å². The summed E-state index contributed by atoms with van der Waals surface area (Å²) in [5, 5.41) is 12.2. The Kier molecular flexibility index (Phi) is 4.52. The molecule has 1 unspecified atom stereocenters. The van der Waals surface area contributed by atoms with Gasteiger partial charge < -0.3 is 10.4 Å². The molecule has 1 heterocycles. The molecule has 1 aliphatic rings. The molecule has 0 aromatic carbocycles. The number of aromatic carboxylic acids is 1. The van der Waals surface area contributed by atoms with Gasteiger partial charge in [0, 0.05) is 35.0 Å². The van der Waals surface area contributed by atoms with Gasteiger partial charge in [0.1, 0.15) is 11.4 Å². The van der Waals surface area contributed by atoms with Gasteiger partial charge in [-0.3, -0.25) is 4.21 Å². The van der Waals surface area contributed by atoms with Gasteiger partial charge in [0.25, 0.3) is 0 Å². The Morgan fingerprint density at radius 1 is 1.47 bits per heavy atom. The lowest BCUT2D eigenvalue weighted by Gasteiger charge is -2.18. The van der Waals surface area contributed by atoms with Gasteiger partial charge in [0.05, 0.1) is 0 Å². The monoisotopic (exact) mass is 282 g/mol. The van der Waals surface area contributed by atoms with Crippen LogP contribution in [0.15, 0.2) is 6.07 Å². The summed E-state index contributed by atoms with van der Waals surface area (Å²) in [7, 11) is -0.896. The number of aromatic nitrogens is 1. The van der Waals surface area contributed by atoms with Gasteiger partial charge in [-0.1, -0.05) is 0 Å². The Hall–Kier alpha value is -1.43. The fraction of sp³-hybridized carbons (Fsp3) is 0.538. The number of carboxylic acid groups (broad SMARTS) is 1. The van der Waals surface area contributed by atoms with E-state index in [2.05, 4.69) is 10.3 Å². The van der Waals surface area contributed by atoms with Gasteiger partial charge in [0.2, 0.25) is 0 Å². The van der Waals surface area contributed by atoms with Crippen LogP contribution < -0.4 is 5.32 Å². The van der Waals surface area contributed by atoms with Crippen LogP contribution in [0.4, 0.5) is 5.82 Å². The number of nitrogens with one attached hydrogen (secondary N) is 1. The zero-order valence-corrected chi connectivity index (χ0v) is 11.8. The van der Waals surface area contributed by atoms with E-state index in [1.165, 1.54) is 0 Å². The Morgan fingerprint density at radius 3 is 2.89 bits per heavy atom. The second kappa shape index (κ2) is 6.14. The number of anilines is 1. The fourth-order valence-electron chi connectivity index (χ4n) is 2.24. The minimum Gasteiger partial charge on any atom is -0.478 e. The largest absolute Gasteiger partial charge is 0.478 e. The number of carboxylic acids is 1. The van der Waals surface area contributed by atoms with Gasteiger partial charge >= 0.3 is 5.97 Å². The van der Waals surface area contributed by atoms with Crippen LogP contribution in [0, 0.1) is 0 Å². The summed E-state index contributed by atoms with van der Waals surface area (Å²) in [6.07, 6.45) is 5.63. The number of hydrogen-bond donors (Lipinski definition) is 2. The van der Waals surface area contributed by atoms with E-state index < -0.39 is 16.8 Å². The number of aryl methyl sites for hydroxylation is 2. The van der Waals surface area contributed by atoms with Crippen molar-refractivity contribution in [3.05, 3.63) is 22.9 Å². The van der Waals surface area contributed by atoms with Crippen molar-refractivity contribution in [2.24, 2.45) is 0 Å². The van der Waals surface area contributed by atoms with E-state index in [0.717, 1.165) is 36.9 Å². The summed E-state index contributed by atoms with van der Waals surface area (Å²) in [4.78, 5) is 15.7. The van der Waals surface area contributed by atoms with Crippen molar-refractivity contribution in [1.82, 2.24) is 4.98 Å². The normalized spacial score (nSPS) is 15.6. The number of nitrogens with zero attached hydrogens (tertiary/aromatic N) is 1. The van der Waals surface area contributed by atoms with E-state index in [-0.39, 0.29) is 5.56 Å². The average molecular weight is 282 g/mol. The molecule has 1 aromatic rings. The molecule has 5 nitrogen and oxygen atoms in total. The van der Waals surface area contributed by atoms with Crippen LogP contribution >= 0.6 is 0 Å². The zero-order valence-electron chi connectivity index (χ0n) is 10.9. The molecule has 2 rings (SSSR count). The lowest BCUT2D eigenvalue weighted by atomic mass is 9.95. The molecule has 2 N–H and O–H groups in total. The molecule has 1 aromatic heterocycles. The molecule has 0 saturated carbocycles. The molecule has 0 radical (unpaired) electrons. The maximum Gasteiger partial charge on any atom is 0.339 e. The highest BCUT2D eigenvalue weighted by Gasteiger charge is 2.18. The molecular formula is C13H18N2O3S. The molecule has 0 bridgehead atoms. The van der Waals surface area contributed by atoms with Crippen LogP contribution in [-0.2, 0) is 23.6 Å². The van der Waals surface area contributed by atoms with E-state index >= 15 is 0 Å². The number of hydrogen-bond acceptors (Lipinski definition) is 4. The third-order valence-electron chi connectivity index (χ3n) is 3.21. The third kappa shape index (κ3) is 3.53. The molecule has 0 fully saturated rings. The minimum atomic E-state index is -0.971. The first kappa shape index (κ1) is 14.0. The topological polar surface area (TPSA) is 79.3 Å². The van der Waals surface area contributed by atoms with Crippen molar-refractivity contribution < 1.29 is 14.1 Å². The Morgan fingerprint density at radius 2 is 2.21 bits per heavy atom. The van der Waals surface area contributed by atoms with E-state index in [1.54, 1.807) is 12.3 Å². The third-order valence-corrected chi connectivity index (χ3v) is 3.99. The van der Waals surface area contributed by atoms with E-state index in [0.29, 0.717) is 18.1 Å². The molecule has 19 heavy (non-hydrogen) atoms. The van der Waals surface area contributed by atoms with Crippen LogP contribution in [0.5, 0.6) is 0 Å². The van der Waals surface area contributed by atoms with Crippen molar-refractivity contribution >= 4 is 22.6 Å². The van der Waals surface area contributed by atoms with Crippen molar-refractivity contribution in [2.75, 3.05) is 23.9 Å². The van der Waals surface area contributed by atoms with Crippen LogP contribution in [0.3, 0.4) is 0 Å². The van der Waals surface area contributed by atoms with Crippen molar-refractivity contribution in [3.63, 3.8) is 0 Å². The number of pyridine rings is 1. The van der Waals surface area contributed by atoms with Crippen LogP contribution in [0.2, 0.25) is 0 Å². The molecule has 0 aliphatic heterocycles. The maximum absolute atomic E-state index is 11.3. The quantitative estimate of drug-likeness (QED) is 0.854. The van der Waals surface area contributed by atoms with E-state index in [1.807, 2.05) is 0 Å². The Labute approximate surface area is 114 Å². The predicted octanol–water partition coefficient (Wildman–Crippen LogP) is 1.45. The molecule has 1 atom stereocenters. The summed E-state index contributed by atoms with van der Waals surface area (Å²) >= 11 is 0. The Bertz CT molecular complexity index is 517. The summed E-state index contributed by atoms with van der Waals surface area (Å²) in [5.41, 5.74) is 2.26. The van der Waals surface area contributed by atoms with Gasteiger partial charge in [-0.25, -0.2) is 9.78 Å². The molecule has 0 amide bonds. The second-order valence-corrected chi connectivity index (χ2v) is 6.26. The highest BCUT2D eigenvalue weighted by atomic mass is 32.2. The molecule has 0 spiro atoms. The van der Waals surface area contributed by atoms with Crippen molar-refractivity contribution in [1.29, 1.82) is 0 Å². The lowest BCUT2D eigenvalue weighted by Crippen LogP contribution is -2.17. The van der Waals surface area contributed by atoms with Crippen molar-refractivity contribution in [2.45, 2.75) is 25.7 Å². The standard InChI is InChI=1S/C13H18N2O3S/c1-19(18)7-6-14-12-10(13(16)17)8-9-4-2-3-5-11(9)15-12/h8H,2-7H2,1H3,(H,14,15)(H,16,17). The SMILES string of the molecule is CS(=O)CCNc1nc2c(cc1C(=O)O)CCCC2. The number of carbonyl (C=O) groups is 1. The summed E-state index contributed by atoms with van der Waals surface area (Å²) < 4.78 is 11.0. The molecule has 104 valence electrons. The van der Waals surface area contributed by atoms with Crippen LogP contribution in [0.1, 0.15) is 34.5 Å². The predicted molar refractivity (Wildman–Crippen MR) is 75.3 cm³/mol. The van der Waals surface area contributed by atoms with Crippen LogP contribution in [-0.4, -0.2) is 38.8 Å². The smallest absolute Gasteiger partial charge is 0.339 e. The Balaban J connectivity index is 2.24. The van der Waals surface area contributed by atoms with Crippen molar-refractivity contribution in [3.8, 4) is 0 Å². The average Bonchev–Trinajstić information content (AvgIpc) is 2.37. The van der Waals surface area contributed by atoms with Gasteiger partial charge in [-0.05, 0) is 37.3 Å². The first-order valence-electron chi connectivity index (χ1n) is 6.38. The van der Waals surface area contributed by atoms with E-state index in [9.17, 15) is 14.1 Å². The fourth-order valence-corrected chi connectivity index (χ4v) is 2.63. The van der Waals surface area contributed by atoms with Gasteiger partial charge in [-0.15, -0.1) is 0 Å². The summed E-state index contributed by atoms with van der Waals surface area (Å²) in [6.45, 7) is 0.467. The zero-order chi connectivity index (χ0) is 13.8. The van der Waals surface area contributed by atoms with Gasteiger partial charge in [-0.2, -0.15) is 0 Å². The number of fused-ring (bicyclic) bond motifs is 1. The van der Waals surface area contributed by atoms with Gasteiger partial charge in [0.15, 0.2) is 0 Å². The molecule has 6 heteroatoms. The molecule has 0 saturated heterocycles. The molecule has 1 aliphatic carbocycles. The lowest BCUT2D eigenvalue weighted by molar-refractivity contribution is 0.0697. The van der Waals surface area contributed by atoms with Crippen LogP contribution in [0.25, 0.3) is 0 Å². The highest BCUT2D eigenvalue weighted by Crippen LogP contribution is 2.24. The summed E-state index contributed by atoms with van der Waals surface area (Å²) in [6, 6.07) is 1.73. The minimum absolute atomic E-state index is 0.211. The number of rotatable bonds is 5. The second-order valence-electron chi connectivity index (χ2n) is 4.71. The summed E-state index contributed by atoms with van der Waals surface area (Å²) in [5.74, 6) is -0.0859. The maximum atomic E-state index is 11.3. The first-order valence-corrected chi connectivity index (χ1v) is 8.10. The highest BCUT2D eigenvalue weighted by molar-refractivity contribution is 7.84.